The van der Waals surface area contributed by atoms with Gasteiger partial charge in [0.15, 0.2) is 11.5 Å². The first kappa shape index (κ1) is 8.34. The molecule has 0 saturated carbocycles. The number of hydrogen-bond donors (Lipinski definition) is 2. The van der Waals surface area contributed by atoms with Gasteiger partial charge in [-0.15, -0.1) is 0 Å². The molecule has 1 heterocycles. The molecule has 1 aliphatic rings. The van der Waals surface area contributed by atoms with Crippen LogP contribution in [0.15, 0.2) is 18.2 Å². The minimum absolute atomic E-state index is 0.323. The van der Waals surface area contributed by atoms with E-state index in [1.165, 1.54) is 0 Å². The Kier molecular flexibility index (Phi) is 2.33. The maximum atomic E-state index is 5.32. The van der Waals surface area contributed by atoms with Gasteiger partial charge >= 0.3 is 0 Å². The molecule has 0 spiro atoms. The van der Waals surface area contributed by atoms with Crippen molar-refractivity contribution in [3.63, 3.8) is 0 Å². The Bertz CT molecular complexity index is 302. The number of fused-ring (bicyclic) bond motifs is 1. The lowest BCUT2D eigenvalue weighted by atomic mass is 10.2. The number of rotatable bonds is 3. The van der Waals surface area contributed by atoms with Crippen LogP contribution in [0.25, 0.3) is 0 Å². The summed E-state index contributed by atoms with van der Waals surface area (Å²) in [5, 5.41) is 3.04. The van der Waals surface area contributed by atoms with Crippen molar-refractivity contribution in [1.82, 2.24) is 5.32 Å². The highest BCUT2D eigenvalue weighted by molar-refractivity contribution is 5.44. The molecule has 3 N–H and O–H groups in total. The van der Waals surface area contributed by atoms with Crippen LogP contribution in [0.5, 0.6) is 11.5 Å². The van der Waals surface area contributed by atoms with E-state index in [2.05, 4.69) is 5.32 Å². The summed E-state index contributed by atoms with van der Waals surface area (Å²) in [6, 6.07) is 5.87. The van der Waals surface area contributed by atoms with Gasteiger partial charge < -0.3 is 20.5 Å². The van der Waals surface area contributed by atoms with Crippen molar-refractivity contribution in [2.45, 2.75) is 6.54 Å². The van der Waals surface area contributed by atoms with Crippen molar-refractivity contribution in [1.29, 1.82) is 0 Å². The van der Waals surface area contributed by atoms with Crippen molar-refractivity contribution in [2.75, 3.05) is 13.5 Å². The lowest BCUT2D eigenvalue weighted by Crippen LogP contribution is -2.21. The molecule has 0 radical (unpaired) electrons. The Hall–Kier alpha value is -1.26. The van der Waals surface area contributed by atoms with Crippen LogP contribution in [-0.4, -0.2) is 13.5 Å². The molecule has 0 unspecified atom stereocenters. The van der Waals surface area contributed by atoms with Crippen molar-refractivity contribution < 1.29 is 9.47 Å². The van der Waals surface area contributed by atoms with Gasteiger partial charge in [0.25, 0.3) is 0 Å². The zero-order valence-electron chi connectivity index (χ0n) is 7.25. The Morgan fingerprint density at radius 3 is 3.00 bits per heavy atom. The summed E-state index contributed by atoms with van der Waals surface area (Å²) in [5.41, 5.74) is 6.47. The summed E-state index contributed by atoms with van der Waals surface area (Å²) in [5.74, 6) is 1.63. The topological polar surface area (TPSA) is 56.5 Å². The van der Waals surface area contributed by atoms with E-state index in [1.807, 2.05) is 18.2 Å². The molecular weight excluding hydrogens is 168 g/mol. The van der Waals surface area contributed by atoms with Crippen LogP contribution in [0.1, 0.15) is 5.56 Å². The van der Waals surface area contributed by atoms with Crippen LogP contribution in [0.4, 0.5) is 0 Å². The fraction of sp³-hybridized carbons (Fsp3) is 0.333. The van der Waals surface area contributed by atoms with E-state index in [0.29, 0.717) is 13.5 Å². The van der Waals surface area contributed by atoms with Crippen LogP contribution in [0, 0.1) is 0 Å². The quantitative estimate of drug-likeness (QED) is 0.662. The van der Waals surface area contributed by atoms with E-state index in [1.54, 1.807) is 0 Å². The van der Waals surface area contributed by atoms with Crippen molar-refractivity contribution in [3.05, 3.63) is 23.8 Å². The van der Waals surface area contributed by atoms with Gasteiger partial charge in [0, 0.05) is 13.2 Å². The predicted molar refractivity (Wildman–Crippen MR) is 48.5 cm³/mol. The van der Waals surface area contributed by atoms with E-state index in [9.17, 15) is 0 Å². The van der Waals surface area contributed by atoms with Crippen molar-refractivity contribution in [3.8, 4) is 11.5 Å². The monoisotopic (exact) mass is 180 g/mol. The number of nitrogens with two attached hydrogens (primary N) is 1. The van der Waals surface area contributed by atoms with E-state index < -0.39 is 0 Å². The predicted octanol–water partition coefficient (Wildman–Crippen LogP) is 0.421. The first-order valence-electron chi connectivity index (χ1n) is 4.19. The highest BCUT2D eigenvalue weighted by Gasteiger charge is 2.12. The molecule has 13 heavy (non-hydrogen) atoms. The first-order chi connectivity index (χ1) is 6.40. The molecule has 0 atom stereocenters. The maximum absolute atomic E-state index is 5.32. The smallest absolute Gasteiger partial charge is 0.231 e. The third kappa shape index (κ3) is 1.74. The van der Waals surface area contributed by atoms with Gasteiger partial charge in [0.1, 0.15) is 0 Å². The van der Waals surface area contributed by atoms with E-state index in [-0.39, 0.29) is 0 Å². The fourth-order valence-corrected chi connectivity index (χ4v) is 1.27. The van der Waals surface area contributed by atoms with E-state index >= 15 is 0 Å². The zero-order chi connectivity index (χ0) is 9.10. The molecular formula is C9H12N2O2. The maximum Gasteiger partial charge on any atom is 0.231 e. The summed E-state index contributed by atoms with van der Waals surface area (Å²) in [6.45, 7) is 1.56. The highest BCUT2D eigenvalue weighted by atomic mass is 16.7. The Labute approximate surface area is 76.6 Å². The van der Waals surface area contributed by atoms with Crippen LogP contribution in [0.2, 0.25) is 0 Å². The Morgan fingerprint density at radius 2 is 2.15 bits per heavy atom. The third-order valence-electron chi connectivity index (χ3n) is 1.91. The molecule has 4 nitrogen and oxygen atoms in total. The van der Waals surface area contributed by atoms with Crippen LogP contribution < -0.4 is 20.5 Å². The normalized spacial score (nSPS) is 13.3. The van der Waals surface area contributed by atoms with Crippen LogP contribution in [0.3, 0.4) is 0 Å². The van der Waals surface area contributed by atoms with Gasteiger partial charge in [-0.25, -0.2) is 0 Å². The van der Waals surface area contributed by atoms with E-state index in [0.717, 1.165) is 23.6 Å². The zero-order valence-corrected chi connectivity index (χ0v) is 7.25. The average molecular weight is 180 g/mol. The Balaban J connectivity index is 2.12. The molecule has 70 valence electrons. The van der Waals surface area contributed by atoms with Crippen LogP contribution in [-0.2, 0) is 6.54 Å². The molecule has 4 heteroatoms. The fourth-order valence-electron chi connectivity index (χ4n) is 1.27. The summed E-state index contributed by atoms with van der Waals surface area (Å²) in [4.78, 5) is 0. The van der Waals surface area contributed by atoms with Gasteiger partial charge in [-0.2, -0.15) is 0 Å². The standard InChI is InChI=1S/C9H12N2O2/c10-5-11-4-7-1-2-8-9(3-7)13-6-12-8/h1-3,11H,4-6,10H2. The van der Waals surface area contributed by atoms with Gasteiger partial charge in [0.2, 0.25) is 6.79 Å². The summed E-state index contributed by atoms with van der Waals surface area (Å²) in [6.07, 6.45) is 0. The first-order valence-corrected chi connectivity index (χ1v) is 4.19. The summed E-state index contributed by atoms with van der Waals surface area (Å²) in [7, 11) is 0. The lowest BCUT2D eigenvalue weighted by molar-refractivity contribution is 0.174. The SMILES string of the molecule is NCNCc1ccc2c(c1)OCO2. The summed E-state index contributed by atoms with van der Waals surface area (Å²) >= 11 is 0. The molecule has 1 aromatic carbocycles. The molecule has 0 aromatic heterocycles. The van der Waals surface area contributed by atoms with Gasteiger partial charge in [-0.1, -0.05) is 6.07 Å². The third-order valence-corrected chi connectivity index (χ3v) is 1.91. The number of ether oxygens (including phenoxy) is 2. The molecule has 2 rings (SSSR count). The molecule has 0 saturated heterocycles. The Morgan fingerprint density at radius 1 is 1.31 bits per heavy atom. The minimum atomic E-state index is 0.323. The second kappa shape index (κ2) is 3.64. The number of nitrogens with one attached hydrogen (secondary N) is 1. The molecule has 0 amide bonds. The minimum Gasteiger partial charge on any atom is -0.454 e. The number of benzene rings is 1. The van der Waals surface area contributed by atoms with Crippen LogP contribution >= 0.6 is 0 Å². The molecule has 0 fully saturated rings. The second-order valence-corrected chi connectivity index (χ2v) is 2.82. The molecule has 1 aliphatic heterocycles. The van der Waals surface area contributed by atoms with E-state index in [4.69, 9.17) is 15.2 Å². The molecule has 0 bridgehead atoms. The van der Waals surface area contributed by atoms with Gasteiger partial charge in [-0.3, -0.25) is 0 Å². The summed E-state index contributed by atoms with van der Waals surface area (Å²) < 4.78 is 10.4. The largest absolute Gasteiger partial charge is 0.454 e. The van der Waals surface area contributed by atoms with Gasteiger partial charge in [0.05, 0.1) is 0 Å². The number of hydrogen-bond acceptors (Lipinski definition) is 4. The highest BCUT2D eigenvalue weighted by Crippen LogP contribution is 2.32. The average Bonchev–Trinajstić information content (AvgIpc) is 2.61. The van der Waals surface area contributed by atoms with Crippen molar-refractivity contribution in [2.24, 2.45) is 5.73 Å². The second-order valence-electron chi connectivity index (χ2n) is 2.82. The molecule has 1 aromatic rings. The lowest BCUT2D eigenvalue weighted by Gasteiger charge is -2.02. The van der Waals surface area contributed by atoms with Gasteiger partial charge in [-0.05, 0) is 17.7 Å². The molecule has 0 aliphatic carbocycles. The van der Waals surface area contributed by atoms with Crippen molar-refractivity contribution >= 4 is 0 Å².